The van der Waals surface area contributed by atoms with Crippen molar-refractivity contribution in [1.29, 1.82) is 0 Å². The zero-order valence-electron chi connectivity index (χ0n) is 15.9. The monoisotopic (exact) mass is 345 g/mol. The molecule has 0 aliphatic carbocycles. The fourth-order valence-electron chi connectivity index (χ4n) is 3.10. The third-order valence-corrected chi connectivity index (χ3v) is 4.77. The van der Waals surface area contributed by atoms with Crippen LogP contribution in [0, 0.1) is 0 Å². The van der Waals surface area contributed by atoms with Crippen molar-refractivity contribution in [2.75, 3.05) is 20.8 Å². The molecular weight excluding hydrogens is 318 g/mol. The molecule has 0 fully saturated rings. The summed E-state index contributed by atoms with van der Waals surface area (Å²) in [5, 5.41) is 4.15. The first-order valence-electron chi connectivity index (χ1n) is 8.65. The van der Waals surface area contributed by atoms with E-state index in [2.05, 4.69) is 54.9 Å². The van der Waals surface area contributed by atoms with Gasteiger partial charge in [-0.2, -0.15) is 4.98 Å². The van der Waals surface area contributed by atoms with E-state index in [4.69, 9.17) is 14.0 Å². The zero-order chi connectivity index (χ0) is 18.2. The highest BCUT2D eigenvalue weighted by Gasteiger charge is 2.28. The van der Waals surface area contributed by atoms with Gasteiger partial charge in [-0.3, -0.25) is 4.90 Å². The first-order chi connectivity index (χ1) is 11.8. The number of hydrogen-bond donors (Lipinski definition) is 0. The summed E-state index contributed by atoms with van der Waals surface area (Å²) in [6, 6.07) is 4.23. The molecule has 0 spiro atoms. The molecule has 1 aromatic heterocycles. The van der Waals surface area contributed by atoms with Crippen molar-refractivity contribution in [3.63, 3.8) is 0 Å². The highest BCUT2D eigenvalue weighted by molar-refractivity contribution is 5.48. The van der Waals surface area contributed by atoms with Crippen LogP contribution in [-0.2, 0) is 18.4 Å². The Morgan fingerprint density at radius 1 is 1.12 bits per heavy atom. The maximum atomic E-state index is 5.53. The second-order valence-corrected chi connectivity index (χ2v) is 7.58. The molecular formula is C19H27N3O3. The van der Waals surface area contributed by atoms with Crippen molar-refractivity contribution >= 4 is 0 Å². The first kappa shape index (κ1) is 17.7. The van der Waals surface area contributed by atoms with Gasteiger partial charge in [0, 0.05) is 18.5 Å². The van der Waals surface area contributed by atoms with Gasteiger partial charge < -0.3 is 14.0 Å². The van der Waals surface area contributed by atoms with Crippen LogP contribution >= 0.6 is 0 Å². The van der Waals surface area contributed by atoms with Gasteiger partial charge in [0.15, 0.2) is 17.3 Å². The summed E-state index contributed by atoms with van der Waals surface area (Å²) < 4.78 is 16.4. The fourth-order valence-corrected chi connectivity index (χ4v) is 3.10. The minimum absolute atomic E-state index is 0.0739. The van der Waals surface area contributed by atoms with E-state index in [1.807, 2.05) is 0 Å². The number of rotatable bonds is 4. The molecule has 0 saturated heterocycles. The molecule has 2 aromatic rings. The second-order valence-electron chi connectivity index (χ2n) is 7.58. The molecule has 0 N–H and O–H groups in total. The molecule has 1 aliphatic heterocycles. The molecule has 1 aliphatic rings. The summed E-state index contributed by atoms with van der Waals surface area (Å²) in [6.45, 7) is 10.1. The third-order valence-electron chi connectivity index (χ3n) is 4.77. The molecule has 0 bridgehead atoms. The van der Waals surface area contributed by atoms with Crippen LogP contribution in [-0.4, -0.2) is 35.8 Å². The van der Waals surface area contributed by atoms with Crippen LogP contribution in [0.4, 0.5) is 0 Å². The zero-order valence-corrected chi connectivity index (χ0v) is 15.9. The van der Waals surface area contributed by atoms with E-state index in [0.717, 1.165) is 36.8 Å². The van der Waals surface area contributed by atoms with E-state index in [1.165, 1.54) is 11.1 Å². The van der Waals surface area contributed by atoms with Crippen molar-refractivity contribution in [3.8, 4) is 11.5 Å². The molecule has 25 heavy (non-hydrogen) atoms. The van der Waals surface area contributed by atoms with Crippen LogP contribution in [0.1, 0.15) is 56.6 Å². The minimum atomic E-state index is -0.111. The third kappa shape index (κ3) is 3.49. The van der Waals surface area contributed by atoms with Gasteiger partial charge in [-0.1, -0.05) is 25.9 Å². The van der Waals surface area contributed by atoms with Crippen molar-refractivity contribution in [3.05, 3.63) is 35.0 Å². The molecule has 0 saturated carbocycles. The van der Waals surface area contributed by atoms with Crippen LogP contribution in [0.25, 0.3) is 0 Å². The van der Waals surface area contributed by atoms with E-state index in [-0.39, 0.29) is 11.5 Å². The number of fused-ring (bicyclic) bond motifs is 1. The van der Waals surface area contributed by atoms with Crippen LogP contribution in [0.15, 0.2) is 16.7 Å². The lowest BCUT2D eigenvalue weighted by molar-refractivity contribution is 0.157. The molecule has 3 rings (SSSR count). The number of nitrogens with zero attached hydrogens (tertiary/aromatic N) is 3. The van der Waals surface area contributed by atoms with E-state index < -0.39 is 0 Å². The van der Waals surface area contributed by atoms with Crippen LogP contribution in [0.5, 0.6) is 11.5 Å². The first-order valence-corrected chi connectivity index (χ1v) is 8.65. The maximum absolute atomic E-state index is 5.53. The van der Waals surface area contributed by atoms with E-state index in [1.54, 1.807) is 14.2 Å². The quantitative estimate of drug-likeness (QED) is 0.845. The number of benzene rings is 1. The number of hydrogen-bond acceptors (Lipinski definition) is 6. The minimum Gasteiger partial charge on any atom is -0.493 e. The summed E-state index contributed by atoms with van der Waals surface area (Å²) >= 11 is 0. The summed E-state index contributed by atoms with van der Waals surface area (Å²) in [5.74, 6) is 2.98. The molecule has 2 heterocycles. The number of aromatic nitrogens is 2. The van der Waals surface area contributed by atoms with Crippen LogP contribution in [0.3, 0.4) is 0 Å². The Labute approximate surface area is 149 Å². The number of methoxy groups -OCH3 is 2. The summed E-state index contributed by atoms with van der Waals surface area (Å²) in [5.41, 5.74) is 2.45. The van der Waals surface area contributed by atoms with Gasteiger partial charge in [0.05, 0.1) is 20.3 Å². The van der Waals surface area contributed by atoms with Crippen molar-refractivity contribution in [1.82, 2.24) is 15.0 Å². The second kappa shape index (κ2) is 6.67. The average molecular weight is 345 g/mol. The predicted octanol–water partition coefficient (Wildman–Crippen LogP) is 3.50. The van der Waals surface area contributed by atoms with Crippen molar-refractivity contribution in [2.24, 2.45) is 0 Å². The molecule has 1 atom stereocenters. The number of ether oxygens (including phenoxy) is 2. The smallest absolute Gasteiger partial charge is 0.243 e. The lowest BCUT2D eigenvalue weighted by Gasteiger charge is -2.32. The maximum Gasteiger partial charge on any atom is 0.243 e. The van der Waals surface area contributed by atoms with Crippen LogP contribution in [0.2, 0.25) is 0 Å². The van der Waals surface area contributed by atoms with Gasteiger partial charge in [-0.15, -0.1) is 0 Å². The molecule has 0 radical (unpaired) electrons. The van der Waals surface area contributed by atoms with Gasteiger partial charge >= 0.3 is 0 Å². The molecule has 6 heteroatoms. The van der Waals surface area contributed by atoms with Gasteiger partial charge in [-0.05, 0) is 36.6 Å². The molecule has 0 unspecified atom stereocenters. The van der Waals surface area contributed by atoms with Crippen LogP contribution < -0.4 is 9.47 Å². The predicted molar refractivity (Wildman–Crippen MR) is 95.1 cm³/mol. The lowest BCUT2D eigenvalue weighted by Crippen LogP contribution is -2.33. The summed E-state index contributed by atoms with van der Waals surface area (Å²) in [6.07, 6.45) is 0.959. The molecule has 1 aromatic carbocycles. The standard InChI is InChI=1S/C19H27N3O3/c1-12(17-20-18(21-25-17)19(2,3)4)22-8-7-13-9-15(23-5)16(24-6)10-14(13)11-22/h9-10,12H,7-8,11H2,1-6H3/t12-/m1/s1. The van der Waals surface area contributed by atoms with E-state index in [0.29, 0.717) is 5.89 Å². The largest absolute Gasteiger partial charge is 0.493 e. The Kier molecular flexibility index (Phi) is 4.73. The topological polar surface area (TPSA) is 60.6 Å². The highest BCUT2D eigenvalue weighted by Crippen LogP contribution is 2.35. The Morgan fingerprint density at radius 2 is 1.76 bits per heavy atom. The van der Waals surface area contributed by atoms with Gasteiger partial charge in [0.25, 0.3) is 0 Å². The molecule has 136 valence electrons. The summed E-state index contributed by atoms with van der Waals surface area (Å²) in [7, 11) is 3.34. The lowest BCUT2D eigenvalue weighted by atomic mass is 9.96. The SMILES string of the molecule is COc1cc2c(cc1OC)CN([C@H](C)c1nc(C(C)(C)C)no1)CC2. The normalized spacial score (nSPS) is 16.4. The molecule has 6 nitrogen and oxygen atoms in total. The van der Waals surface area contributed by atoms with E-state index in [9.17, 15) is 0 Å². The van der Waals surface area contributed by atoms with Crippen molar-refractivity contribution < 1.29 is 14.0 Å². The Balaban J connectivity index is 1.81. The highest BCUT2D eigenvalue weighted by atomic mass is 16.5. The van der Waals surface area contributed by atoms with Gasteiger partial charge in [0.2, 0.25) is 5.89 Å². The van der Waals surface area contributed by atoms with E-state index >= 15 is 0 Å². The average Bonchev–Trinajstić information content (AvgIpc) is 3.09. The Bertz CT molecular complexity index is 749. The van der Waals surface area contributed by atoms with Gasteiger partial charge in [0.1, 0.15) is 0 Å². The Morgan fingerprint density at radius 3 is 2.32 bits per heavy atom. The fraction of sp³-hybridized carbons (Fsp3) is 0.579. The van der Waals surface area contributed by atoms with Crippen molar-refractivity contribution in [2.45, 2.75) is 52.1 Å². The van der Waals surface area contributed by atoms with Gasteiger partial charge in [-0.25, -0.2) is 0 Å². The Hall–Kier alpha value is -2.08. The summed E-state index contributed by atoms with van der Waals surface area (Å²) in [4.78, 5) is 6.96. The molecule has 0 amide bonds.